The first kappa shape index (κ1) is 19.7. The number of para-hydroxylation sites is 1. The fourth-order valence-electron chi connectivity index (χ4n) is 3.06. The van der Waals surface area contributed by atoms with Gasteiger partial charge in [0.15, 0.2) is 0 Å². The Morgan fingerprint density at radius 1 is 1.18 bits per heavy atom. The summed E-state index contributed by atoms with van der Waals surface area (Å²) >= 11 is 0. The maximum atomic E-state index is 12.5. The van der Waals surface area contributed by atoms with Crippen LogP contribution in [0.2, 0.25) is 0 Å². The Kier molecular flexibility index (Phi) is 5.58. The van der Waals surface area contributed by atoms with Crippen LogP contribution < -0.4 is 15.0 Å². The van der Waals surface area contributed by atoms with Gasteiger partial charge in [0, 0.05) is 30.8 Å². The third-order valence-corrected chi connectivity index (χ3v) is 4.49. The highest BCUT2D eigenvalue weighted by atomic mass is 19.4. The van der Waals surface area contributed by atoms with E-state index in [2.05, 4.69) is 10.1 Å². The van der Waals surface area contributed by atoms with Gasteiger partial charge in [-0.3, -0.25) is 9.59 Å². The van der Waals surface area contributed by atoms with E-state index in [4.69, 9.17) is 0 Å². The Bertz CT molecular complexity index is 866. The van der Waals surface area contributed by atoms with Crippen LogP contribution in [-0.4, -0.2) is 24.7 Å². The zero-order valence-electron chi connectivity index (χ0n) is 15.1. The molecule has 1 fully saturated rings. The van der Waals surface area contributed by atoms with Gasteiger partial charge in [0.1, 0.15) is 5.75 Å². The van der Waals surface area contributed by atoms with Gasteiger partial charge >= 0.3 is 6.36 Å². The molecule has 2 aromatic carbocycles. The largest absolute Gasteiger partial charge is 0.573 e. The first-order chi connectivity index (χ1) is 13.2. The molecule has 8 heteroatoms. The fraction of sp³-hybridized carbons (Fsp3) is 0.300. The summed E-state index contributed by atoms with van der Waals surface area (Å²) in [6.45, 7) is 2.04. The first-order valence-electron chi connectivity index (χ1n) is 8.71. The number of halogens is 3. The number of aryl methyl sites for hydroxylation is 1. The minimum absolute atomic E-state index is 0.0560. The minimum atomic E-state index is -4.81. The Morgan fingerprint density at radius 3 is 2.54 bits per heavy atom. The smallest absolute Gasteiger partial charge is 0.405 e. The number of ether oxygens (including phenoxy) is 1. The molecule has 3 rings (SSSR count). The van der Waals surface area contributed by atoms with Gasteiger partial charge in [0.05, 0.1) is 5.92 Å². The van der Waals surface area contributed by atoms with Gasteiger partial charge in [-0.2, -0.15) is 0 Å². The number of carbonyl (C=O) groups excluding carboxylic acids is 2. The molecule has 1 N–H and O–H groups in total. The molecule has 0 bridgehead atoms. The summed E-state index contributed by atoms with van der Waals surface area (Å²) in [5, 5.41) is 2.60. The van der Waals surface area contributed by atoms with Crippen molar-refractivity contribution >= 4 is 17.5 Å². The summed E-state index contributed by atoms with van der Waals surface area (Å²) in [5.74, 6) is -1.47. The van der Waals surface area contributed by atoms with E-state index >= 15 is 0 Å². The third kappa shape index (κ3) is 4.82. The van der Waals surface area contributed by atoms with E-state index in [0.29, 0.717) is 0 Å². The molecule has 1 saturated heterocycles. The predicted octanol–water partition coefficient (Wildman–Crippen LogP) is 3.56. The van der Waals surface area contributed by atoms with Gasteiger partial charge in [-0.15, -0.1) is 13.2 Å². The first-order valence-corrected chi connectivity index (χ1v) is 8.71. The van der Waals surface area contributed by atoms with Crippen LogP contribution >= 0.6 is 0 Å². The van der Waals surface area contributed by atoms with Crippen molar-refractivity contribution in [2.45, 2.75) is 26.3 Å². The van der Waals surface area contributed by atoms with Crippen LogP contribution in [0.25, 0.3) is 0 Å². The van der Waals surface area contributed by atoms with Crippen molar-refractivity contribution in [1.29, 1.82) is 0 Å². The summed E-state index contributed by atoms with van der Waals surface area (Å²) in [5.41, 5.74) is 1.98. The Hall–Kier alpha value is -3.03. The quantitative estimate of drug-likeness (QED) is 0.847. The number of alkyl halides is 3. The van der Waals surface area contributed by atoms with E-state index in [9.17, 15) is 22.8 Å². The molecule has 1 unspecified atom stereocenters. The average Bonchev–Trinajstić information content (AvgIpc) is 3.02. The van der Waals surface area contributed by atoms with Crippen LogP contribution in [0.1, 0.15) is 17.5 Å². The van der Waals surface area contributed by atoms with Gasteiger partial charge in [0.25, 0.3) is 0 Å². The molecule has 0 saturated carbocycles. The Balaban J connectivity index is 1.62. The lowest BCUT2D eigenvalue weighted by atomic mass is 10.1. The SMILES string of the molecule is Cc1ccc(N2CC(C(=O)NCc3ccccc3OC(F)(F)F)CC2=O)cc1. The molecule has 0 spiro atoms. The predicted molar refractivity (Wildman–Crippen MR) is 96.6 cm³/mol. The van der Waals surface area contributed by atoms with Gasteiger partial charge in [-0.25, -0.2) is 0 Å². The second kappa shape index (κ2) is 7.92. The van der Waals surface area contributed by atoms with E-state index < -0.39 is 12.3 Å². The van der Waals surface area contributed by atoms with Crippen LogP contribution in [0.4, 0.5) is 18.9 Å². The summed E-state index contributed by atoms with van der Waals surface area (Å²) in [6.07, 6.45) is -4.76. The maximum absolute atomic E-state index is 12.5. The van der Waals surface area contributed by atoms with Crippen LogP contribution in [0.3, 0.4) is 0 Å². The zero-order chi connectivity index (χ0) is 20.3. The highest BCUT2D eigenvalue weighted by Crippen LogP contribution is 2.27. The number of nitrogens with one attached hydrogen (secondary N) is 1. The van der Waals surface area contributed by atoms with Crippen LogP contribution in [-0.2, 0) is 16.1 Å². The zero-order valence-corrected chi connectivity index (χ0v) is 15.1. The van der Waals surface area contributed by atoms with Crippen LogP contribution in [0, 0.1) is 12.8 Å². The highest BCUT2D eigenvalue weighted by Gasteiger charge is 2.35. The molecule has 1 heterocycles. The number of hydrogen-bond acceptors (Lipinski definition) is 3. The lowest BCUT2D eigenvalue weighted by molar-refractivity contribution is -0.274. The van der Waals surface area contributed by atoms with E-state index in [1.165, 1.54) is 18.2 Å². The van der Waals surface area contributed by atoms with Crippen molar-refractivity contribution in [2.75, 3.05) is 11.4 Å². The number of rotatable bonds is 5. The second-order valence-corrected chi connectivity index (χ2v) is 6.61. The number of amides is 2. The number of hydrogen-bond donors (Lipinski definition) is 1. The van der Waals surface area contributed by atoms with Gasteiger partial charge < -0.3 is 15.0 Å². The molecule has 1 aliphatic rings. The molecule has 28 heavy (non-hydrogen) atoms. The molecule has 5 nitrogen and oxygen atoms in total. The molecule has 0 radical (unpaired) electrons. The Labute approximate surface area is 160 Å². The normalized spacial score (nSPS) is 16.9. The van der Waals surface area contributed by atoms with Crippen molar-refractivity contribution < 1.29 is 27.5 Å². The van der Waals surface area contributed by atoms with Gasteiger partial charge in [-0.05, 0) is 25.1 Å². The van der Waals surface area contributed by atoms with E-state index in [-0.39, 0.29) is 42.6 Å². The summed E-state index contributed by atoms with van der Waals surface area (Å²) in [7, 11) is 0. The van der Waals surface area contributed by atoms with E-state index in [1.807, 2.05) is 31.2 Å². The molecule has 148 valence electrons. The standard InChI is InChI=1S/C20H19F3N2O3/c1-13-6-8-16(9-7-13)25-12-15(10-18(25)26)19(27)24-11-14-4-2-3-5-17(14)28-20(21,22)23/h2-9,15H,10-12H2,1H3,(H,24,27). The minimum Gasteiger partial charge on any atom is -0.405 e. The summed E-state index contributed by atoms with van der Waals surface area (Å²) in [6, 6.07) is 13.0. The lowest BCUT2D eigenvalue weighted by Crippen LogP contribution is -2.32. The monoisotopic (exact) mass is 392 g/mol. The molecule has 1 aliphatic heterocycles. The molecule has 1 atom stereocenters. The van der Waals surface area contributed by atoms with Gasteiger partial charge in [-0.1, -0.05) is 35.9 Å². The van der Waals surface area contributed by atoms with Crippen molar-refractivity contribution in [3.8, 4) is 5.75 Å². The molecule has 0 aliphatic carbocycles. The topological polar surface area (TPSA) is 58.6 Å². The van der Waals surface area contributed by atoms with Crippen molar-refractivity contribution in [2.24, 2.45) is 5.92 Å². The second-order valence-electron chi connectivity index (χ2n) is 6.61. The summed E-state index contributed by atoms with van der Waals surface area (Å²) in [4.78, 5) is 26.2. The van der Waals surface area contributed by atoms with Crippen molar-refractivity contribution in [3.05, 3.63) is 59.7 Å². The molecule has 2 amide bonds. The Morgan fingerprint density at radius 2 is 1.86 bits per heavy atom. The average molecular weight is 392 g/mol. The van der Waals surface area contributed by atoms with Crippen LogP contribution in [0.15, 0.2) is 48.5 Å². The van der Waals surface area contributed by atoms with Crippen LogP contribution in [0.5, 0.6) is 5.75 Å². The number of anilines is 1. The number of nitrogens with zero attached hydrogens (tertiary/aromatic N) is 1. The highest BCUT2D eigenvalue weighted by molar-refractivity contribution is 6.00. The van der Waals surface area contributed by atoms with E-state index in [0.717, 1.165) is 11.3 Å². The number of benzene rings is 2. The number of carbonyl (C=O) groups is 2. The van der Waals surface area contributed by atoms with Crippen molar-refractivity contribution in [3.63, 3.8) is 0 Å². The molecule has 2 aromatic rings. The molecule has 0 aromatic heterocycles. The fourth-order valence-corrected chi connectivity index (χ4v) is 3.06. The van der Waals surface area contributed by atoms with Gasteiger partial charge in [0.2, 0.25) is 11.8 Å². The maximum Gasteiger partial charge on any atom is 0.573 e. The van der Waals surface area contributed by atoms with E-state index in [1.54, 1.807) is 11.0 Å². The lowest BCUT2D eigenvalue weighted by Gasteiger charge is -2.17. The third-order valence-electron chi connectivity index (χ3n) is 4.49. The molecular formula is C20H19F3N2O3. The van der Waals surface area contributed by atoms with Crippen molar-refractivity contribution in [1.82, 2.24) is 5.32 Å². The molecular weight excluding hydrogens is 373 g/mol. The summed E-state index contributed by atoms with van der Waals surface area (Å²) < 4.78 is 41.4.